The van der Waals surface area contributed by atoms with Crippen molar-refractivity contribution in [2.45, 2.75) is 6.54 Å². The summed E-state index contributed by atoms with van der Waals surface area (Å²) in [6, 6.07) is 17.6. The van der Waals surface area contributed by atoms with E-state index < -0.39 is 11.6 Å². The summed E-state index contributed by atoms with van der Waals surface area (Å²) in [4.78, 5) is 25.2. The number of carbonyl (C=O) groups excluding carboxylic acids is 1. The van der Waals surface area contributed by atoms with Gasteiger partial charge in [-0.2, -0.15) is 10.4 Å². The third kappa shape index (κ3) is 3.49. The van der Waals surface area contributed by atoms with Crippen LogP contribution in [0.5, 0.6) is 0 Å². The van der Waals surface area contributed by atoms with Crippen molar-refractivity contribution in [2.75, 3.05) is 5.32 Å². The minimum atomic E-state index is -0.447. The number of nitriles is 1. The number of nitrogens with zero attached hydrogens (tertiary/aromatic N) is 6. The standard InChI is InChI=1S/C22H14ClN7O2/c23-16-6-4-15(5-7-16)18-11-19-21-27-30(22(32)28(21)8-9-29(19)26-18)13-20(31)25-17-3-1-2-14(10-17)12-24/h1-11H,13H2,(H,25,31). The minimum Gasteiger partial charge on any atom is -0.324 e. The Bertz CT molecular complexity index is 1590. The van der Waals surface area contributed by atoms with Gasteiger partial charge in [0.25, 0.3) is 0 Å². The molecule has 2 aromatic carbocycles. The fourth-order valence-electron chi connectivity index (χ4n) is 3.40. The summed E-state index contributed by atoms with van der Waals surface area (Å²) in [5.74, 6) is -0.433. The lowest BCUT2D eigenvalue weighted by molar-refractivity contribution is -0.117. The van der Waals surface area contributed by atoms with E-state index in [0.29, 0.717) is 33.1 Å². The molecule has 0 saturated carbocycles. The first kappa shape index (κ1) is 19.5. The summed E-state index contributed by atoms with van der Waals surface area (Å²) in [5.41, 5.74) is 3.02. The number of amides is 1. The van der Waals surface area contributed by atoms with Gasteiger partial charge < -0.3 is 5.32 Å². The fourth-order valence-corrected chi connectivity index (χ4v) is 3.53. The van der Waals surface area contributed by atoms with Crippen molar-refractivity contribution in [3.8, 4) is 17.3 Å². The van der Waals surface area contributed by atoms with E-state index in [0.717, 1.165) is 10.2 Å². The molecule has 1 N–H and O–H groups in total. The molecule has 0 spiro atoms. The van der Waals surface area contributed by atoms with Crippen molar-refractivity contribution >= 4 is 34.4 Å². The number of anilines is 1. The second-order valence-corrected chi connectivity index (χ2v) is 7.48. The second kappa shape index (κ2) is 7.68. The van der Waals surface area contributed by atoms with Gasteiger partial charge in [0.15, 0.2) is 5.65 Å². The van der Waals surface area contributed by atoms with Crippen molar-refractivity contribution in [1.82, 2.24) is 23.8 Å². The maximum absolute atomic E-state index is 12.8. The zero-order valence-corrected chi connectivity index (χ0v) is 17.2. The summed E-state index contributed by atoms with van der Waals surface area (Å²) in [7, 11) is 0. The number of benzene rings is 2. The van der Waals surface area contributed by atoms with E-state index in [9.17, 15) is 9.59 Å². The normalized spacial score (nSPS) is 11.0. The molecule has 0 radical (unpaired) electrons. The number of nitrogens with one attached hydrogen (secondary N) is 1. The first-order valence-electron chi connectivity index (χ1n) is 9.55. The molecular weight excluding hydrogens is 430 g/mol. The van der Waals surface area contributed by atoms with E-state index >= 15 is 0 Å². The maximum Gasteiger partial charge on any atom is 0.350 e. The van der Waals surface area contributed by atoms with Gasteiger partial charge in [0.1, 0.15) is 12.1 Å². The van der Waals surface area contributed by atoms with Gasteiger partial charge in [-0.25, -0.2) is 18.4 Å². The molecule has 3 heterocycles. The van der Waals surface area contributed by atoms with E-state index in [1.807, 2.05) is 24.3 Å². The number of fused-ring (bicyclic) bond motifs is 3. The Kier molecular flexibility index (Phi) is 4.69. The van der Waals surface area contributed by atoms with Gasteiger partial charge in [0, 0.05) is 28.7 Å². The third-order valence-corrected chi connectivity index (χ3v) is 5.15. The Balaban J connectivity index is 1.48. The highest BCUT2D eigenvalue weighted by atomic mass is 35.5. The van der Waals surface area contributed by atoms with Crippen LogP contribution < -0.4 is 11.0 Å². The predicted octanol–water partition coefficient (Wildman–Crippen LogP) is 2.97. The zero-order chi connectivity index (χ0) is 22.2. The predicted molar refractivity (Wildman–Crippen MR) is 118 cm³/mol. The summed E-state index contributed by atoms with van der Waals surface area (Å²) >= 11 is 5.96. The van der Waals surface area contributed by atoms with Gasteiger partial charge in [0.05, 0.1) is 17.3 Å². The van der Waals surface area contributed by atoms with E-state index in [1.165, 1.54) is 4.40 Å². The monoisotopic (exact) mass is 443 g/mol. The molecule has 0 bridgehead atoms. The van der Waals surface area contributed by atoms with Crippen molar-refractivity contribution < 1.29 is 4.79 Å². The zero-order valence-electron chi connectivity index (χ0n) is 16.4. The van der Waals surface area contributed by atoms with Gasteiger partial charge in [0.2, 0.25) is 5.91 Å². The highest BCUT2D eigenvalue weighted by molar-refractivity contribution is 6.30. The van der Waals surface area contributed by atoms with Crippen molar-refractivity contribution in [3.63, 3.8) is 0 Å². The SMILES string of the molecule is N#Cc1cccc(NC(=O)Cn2nc3c4cc(-c5ccc(Cl)cc5)nn4ccn3c2=O)c1. The summed E-state index contributed by atoms with van der Waals surface area (Å²) in [6.45, 7) is -0.276. The highest BCUT2D eigenvalue weighted by Gasteiger charge is 2.15. The van der Waals surface area contributed by atoms with Crippen LogP contribution in [0.2, 0.25) is 5.02 Å². The molecule has 0 aliphatic carbocycles. The summed E-state index contributed by atoms with van der Waals surface area (Å²) in [6.07, 6.45) is 3.21. The van der Waals surface area contributed by atoms with Crippen LogP contribution in [0.3, 0.4) is 0 Å². The fraction of sp³-hybridized carbons (Fsp3) is 0.0455. The average molecular weight is 444 g/mol. The van der Waals surface area contributed by atoms with Crippen LogP contribution >= 0.6 is 11.6 Å². The molecule has 32 heavy (non-hydrogen) atoms. The average Bonchev–Trinajstić information content (AvgIpc) is 3.36. The van der Waals surface area contributed by atoms with Crippen molar-refractivity contribution in [1.29, 1.82) is 5.26 Å². The van der Waals surface area contributed by atoms with Crippen LogP contribution in [0.4, 0.5) is 5.69 Å². The van der Waals surface area contributed by atoms with Crippen molar-refractivity contribution in [2.24, 2.45) is 0 Å². The molecule has 0 unspecified atom stereocenters. The molecule has 0 fully saturated rings. The van der Waals surface area contributed by atoms with E-state index in [2.05, 4.69) is 15.5 Å². The van der Waals surface area contributed by atoms with Gasteiger partial charge in [-0.1, -0.05) is 29.8 Å². The Morgan fingerprint density at radius 3 is 2.69 bits per heavy atom. The molecule has 1 amide bonds. The molecule has 0 aliphatic heterocycles. The molecule has 0 atom stereocenters. The van der Waals surface area contributed by atoms with Crippen LogP contribution in [-0.2, 0) is 11.3 Å². The number of hydrogen-bond acceptors (Lipinski definition) is 5. The Labute approximate surface area is 185 Å². The van der Waals surface area contributed by atoms with Crippen molar-refractivity contribution in [3.05, 3.63) is 88.1 Å². The van der Waals surface area contributed by atoms with E-state index in [4.69, 9.17) is 16.9 Å². The van der Waals surface area contributed by atoms with Gasteiger partial charge in [-0.05, 0) is 36.4 Å². The minimum absolute atomic E-state index is 0.276. The maximum atomic E-state index is 12.8. The largest absolute Gasteiger partial charge is 0.350 e. The van der Waals surface area contributed by atoms with Gasteiger partial charge >= 0.3 is 5.69 Å². The highest BCUT2D eigenvalue weighted by Crippen LogP contribution is 2.23. The Hall–Kier alpha value is -4.42. The number of halogens is 1. The Morgan fingerprint density at radius 2 is 1.91 bits per heavy atom. The van der Waals surface area contributed by atoms with Gasteiger partial charge in [-0.3, -0.25) is 4.79 Å². The lowest BCUT2D eigenvalue weighted by Gasteiger charge is -2.04. The number of hydrogen-bond donors (Lipinski definition) is 1. The lowest BCUT2D eigenvalue weighted by atomic mass is 10.1. The lowest BCUT2D eigenvalue weighted by Crippen LogP contribution is -2.28. The molecular formula is C22H14ClN7O2. The molecule has 9 nitrogen and oxygen atoms in total. The van der Waals surface area contributed by atoms with Crippen LogP contribution in [0, 0.1) is 11.3 Å². The first-order chi connectivity index (χ1) is 15.5. The van der Waals surface area contributed by atoms with E-state index in [-0.39, 0.29) is 6.54 Å². The summed E-state index contributed by atoms with van der Waals surface area (Å²) in [5, 5.41) is 21.2. The molecule has 5 rings (SSSR count). The number of carbonyl (C=O) groups is 1. The van der Waals surface area contributed by atoms with Crippen LogP contribution in [-0.4, -0.2) is 29.7 Å². The smallest absolute Gasteiger partial charge is 0.324 e. The van der Waals surface area contributed by atoms with E-state index in [1.54, 1.807) is 53.3 Å². The molecule has 156 valence electrons. The number of rotatable bonds is 4. The molecule has 10 heteroatoms. The molecule has 0 saturated heterocycles. The second-order valence-electron chi connectivity index (χ2n) is 7.04. The topological polar surface area (TPSA) is 109 Å². The molecule has 3 aromatic heterocycles. The third-order valence-electron chi connectivity index (χ3n) is 4.90. The van der Waals surface area contributed by atoms with Crippen LogP contribution in [0.15, 0.2) is 71.8 Å². The molecule has 5 aromatic rings. The summed E-state index contributed by atoms with van der Waals surface area (Å²) < 4.78 is 4.09. The van der Waals surface area contributed by atoms with Crippen LogP contribution in [0.1, 0.15) is 5.56 Å². The quantitative estimate of drug-likeness (QED) is 0.459. The Morgan fingerprint density at radius 1 is 1.09 bits per heavy atom. The van der Waals surface area contributed by atoms with Crippen LogP contribution in [0.25, 0.3) is 22.4 Å². The number of aromatic nitrogens is 5. The molecule has 0 aliphatic rings. The first-order valence-corrected chi connectivity index (χ1v) is 9.93. The van der Waals surface area contributed by atoms with Gasteiger partial charge in [-0.15, -0.1) is 5.10 Å².